The summed E-state index contributed by atoms with van der Waals surface area (Å²) in [6, 6.07) is 13.2. The van der Waals surface area contributed by atoms with Gasteiger partial charge >= 0.3 is 0 Å². The number of ether oxygens (including phenoxy) is 1. The van der Waals surface area contributed by atoms with Crippen molar-refractivity contribution < 1.29 is 9.53 Å². The third-order valence-electron chi connectivity index (χ3n) is 4.42. The first-order valence-corrected chi connectivity index (χ1v) is 8.53. The second-order valence-electron chi connectivity index (χ2n) is 6.44. The van der Waals surface area contributed by atoms with Crippen molar-refractivity contribution in [2.24, 2.45) is 0 Å². The molecular formula is C21H22N2O3. The molecule has 2 aromatic carbocycles. The smallest absolute Gasteiger partial charge is 0.251 e. The minimum atomic E-state index is -0.165. The number of hydrogen-bond acceptors (Lipinski definition) is 3. The molecule has 0 saturated carbocycles. The topological polar surface area (TPSA) is 71.2 Å². The van der Waals surface area contributed by atoms with Crippen LogP contribution in [-0.2, 0) is 11.2 Å². The highest BCUT2D eigenvalue weighted by Crippen LogP contribution is 2.20. The number of hydrogen-bond donors (Lipinski definition) is 2. The number of fused-ring (bicyclic) bond motifs is 1. The quantitative estimate of drug-likeness (QED) is 0.737. The molecule has 0 spiro atoms. The molecule has 1 heterocycles. The Bertz CT molecular complexity index is 1020. The first-order chi connectivity index (χ1) is 12.5. The molecule has 134 valence electrons. The lowest BCUT2D eigenvalue weighted by Gasteiger charge is -2.09. The number of amides is 1. The van der Waals surface area contributed by atoms with Crippen molar-refractivity contribution in [3.8, 4) is 5.75 Å². The van der Waals surface area contributed by atoms with Crippen molar-refractivity contribution in [3.63, 3.8) is 0 Å². The first-order valence-electron chi connectivity index (χ1n) is 8.53. The lowest BCUT2D eigenvalue weighted by molar-refractivity contribution is -0.116. The number of methoxy groups -OCH3 is 1. The number of aromatic nitrogens is 1. The van der Waals surface area contributed by atoms with Gasteiger partial charge in [-0.25, -0.2) is 0 Å². The molecule has 0 aliphatic heterocycles. The Morgan fingerprint density at radius 1 is 1.12 bits per heavy atom. The largest absolute Gasteiger partial charge is 0.497 e. The minimum absolute atomic E-state index is 0.108. The van der Waals surface area contributed by atoms with Gasteiger partial charge in [-0.05, 0) is 61.7 Å². The zero-order valence-electron chi connectivity index (χ0n) is 15.2. The zero-order valence-corrected chi connectivity index (χ0v) is 15.2. The third-order valence-corrected chi connectivity index (χ3v) is 4.42. The third kappa shape index (κ3) is 3.94. The van der Waals surface area contributed by atoms with Crippen LogP contribution < -0.4 is 15.6 Å². The van der Waals surface area contributed by atoms with Gasteiger partial charge in [0, 0.05) is 28.6 Å². The van der Waals surface area contributed by atoms with Crippen molar-refractivity contribution in [2.45, 2.75) is 26.7 Å². The molecule has 0 fully saturated rings. The van der Waals surface area contributed by atoms with Gasteiger partial charge in [0.05, 0.1) is 7.11 Å². The van der Waals surface area contributed by atoms with E-state index in [-0.39, 0.29) is 17.9 Å². The predicted octanol–water partition coefficient (Wildman–Crippen LogP) is 3.72. The number of anilines is 1. The molecule has 0 aliphatic rings. The maximum absolute atomic E-state index is 12.3. The Hall–Kier alpha value is -3.08. The summed E-state index contributed by atoms with van der Waals surface area (Å²) in [4.78, 5) is 27.4. The van der Waals surface area contributed by atoms with Gasteiger partial charge in [0.15, 0.2) is 0 Å². The number of carbonyl (C=O) groups excluding carboxylic acids is 1. The van der Waals surface area contributed by atoms with Crippen molar-refractivity contribution >= 4 is 22.5 Å². The van der Waals surface area contributed by atoms with E-state index in [9.17, 15) is 9.59 Å². The Morgan fingerprint density at radius 3 is 2.69 bits per heavy atom. The molecule has 3 rings (SSSR count). The Morgan fingerprint density at radius 2 is 1.92 bits per heavy atom. The molecule has 1 aromatic heterocycles. The van der Waals surface area contributed by atoms with Crippen LogP contribution in [0.5, 0.6) is 5.75 Å². The van der Waals surface area contributed by atoms with E-state index >= 15 is 0 Å². The summed E-state index contributed by atoms with van der Waals surface area (Å²) in [6.07, 6.45) is 0.616. The second kappa shape index (κ2) is 7.44. The number of H-pyrrole nitrogens is 1. The molecule has 0 bridgehead atoms. The molecule has 0 aliphatic carbocycles. The van der Waals surface area contributed by atoms with E-state index in [0.29, 0.717) is 12.0 Å². The summed E-state index contributed by atoms with van der Waals surface area (Å²) in [6.45, 7) is 3.94. The average Bonchev–Trinajstić information content (AvgIpc) is 2.62. The van der Waals surface area contributed by atoms with Gasteiger partial charge in [-0.2, -0.15) is 0 Å². The maximum Gasteiger partial charge on any atom is 0.251 e. The Labute approximate surface area is 152 Å². The summed E-state index contributed by atoms with van der Waals surface area (Å²) in [5.41, 5.74) is 4.08. The van der Waals surface area contributed by atoms with Crippen LogP contribution in [0.4, 0.5) is 5.69 Å². The molecular weight excluding hydrogens is 328 g/mol. The van der Waals surface area contributed by atoms with E-state index in [0.717, 1.165) is 33.5 Å². The van der Waals surface area contributed by atoms with Gasteiger partial charge in [0.25, 0.3) is 5.56 Å². The van der Waals surface area contributed by atoms with E-state index in [1.807, 2.05) is 50.2 Å². The number of nitrogens with one attached hydrogen (secondary N) is 2. The Balaban J connectivity index is 1.74. The van der Waals surface area contributed by atoms with Crippen LogP contribution in [0, 0.1) is 13.8 Å². The summed E-state index contributed by atoms with van der Waals surface area (Å²) in [5.74, 6) is 0.618. The average molecular weight is 350 g/mol. The summed E-state index contributed by atoms with van der Waals surface area (Å²) >= 11 is 0. The summed E-state index contributed by atoms with van der Waals surface area (Å²) < 4.78 is 5.22. The highest BCUT2D eigenvalue weighted by atomic mass is 16.5. The number of pyridine rings is 1. The number of benzene rings is 2. The molecule has 0 radical (unpaired) electrons. The van der Waals surface area contributed by atoms with Crippen molar-refractivity contribution in [1.29, 1.82) is 0 Å². The fourth-order valence-corrected chi connectivity index (χ4v) is 2.87. The SMILES string of the molecule is COc1ccc2[nH]c(=O)c(CCC(=O)Nc3cc(C)ccc3C)cc2c1. The molecule has 26 heavy (non-hydrogen) atoms. The van der Waals surface area contributed by atoms with Crippen LogP contribution in [-0.4, -0.2) is 18.0 Å². The standard InChI is InChI=1S/C21H22N2O3/c1-13-4-5-14(2)19(10-13)22-20(24)9-6-15-11-16-12-17(26-3)7-8-18(16)23-21(15)25/h4-5,7-8,10-12H,6,9H2,1-3H3,(H,22,24)(H,23,25). The number of aryl methyl sites for hydroxylation is 3. The molecule has 0 atom stereocenters. The molecule has 1 amide bonds. The van der Waals surface area contributed by atoms with Crippen molar-refractivity contribution in [3.05, 3.63) is 69.5 Å². The number of aromatic amines is 1. The Kier molecular flexibility index (Phi) is 5.07. The van der Waals surface area contributed by atoms with Gasteiger partial charge in [0.2, 0.25) is 5.91 Å². The highest BCUT2D eigenvalue weighted by Gasteiger charge is 2.09. The number of rotatable bonds is 5. The van der Waals surface area contributed by atoms with E-state index in [4.69, 9.17) is 4.74 Å². The second-order valence-corrected chi connectivity index (χ2v) is 6.44. The van der Waals surface area contributed by atoms with Gasteiger partial charge in [-0.3, -0.25) is 9.59 Å². The van der Waals surface area contributed by atoms with Crippen molar-refractivity contribution in [2.75, 3.05) is 12.4 Å². The van der Waals surface area contributed by atoms with Crippen LogP contribution in [0.25, 0.3) is 10.9 Å². The summed E-state index contributed by atoms with van der Waals surface area (Å²) in [5, 5.41) is 3.81. The van der Waals surface area contributed by atoms with Crippen molar-refractivity contribution in [1.82, 2.24) is 4.98 Å². The first kappa shape index (κ1) is 17.7. The highest BCUT2D eigenvalue weighted by molar-refractivity contribution is 5.91. The molecule has 2 N–H and O–H groups in total. The van der Waals surface area contributed by atoms with Gasteiger partial charge in [-0.1, -0.05) is 12.1 Å². The van der Waals surface area contributed by atoms with Crippen LogP contribution in [0.3, 0.4) is 0 Å². The van der Waals surface area contributed by atoms with Gasteiger partial charge in [0.1, 0.15) is 5.75 Å². The van der Waals surface area contributed by atoms with E-state index in [2.05, 4.69) is 10.3 Å². The summed E-state index contributed by atoms with van der Waals surface area (Å²) in [7, 11) is 1.60. The predicted molar refractivity (Wildman–Crippen MR) is 104 cm³/mol. The monoisotopic (exact) mass is 350 g/mol. The number of carbonyl (C=O) groups is 1. The lowest BCUT2D eigenvalue weighted by Crippen LogP contribution is -2.17. The molecule has 0 saturated heterocycles. The van der Waals surface area contributed by atoms with Crippen LogP contribution in [0.1, 0.15) is 23.1 Å². The minimum Gasteiger partial charge on any atom is -0.497 e. The molecule has 5 heteroatoms. The van der Waals surface area contributed by atoms with Gasteiger partial charge < -0.3 is 15.0 Å². The van der Waals surface area contributed by atoms with Crippen LogP contribution in [0.2, 0.25) is 0 Å². The fraction of sp³-hybridized carbons (Fsp3) is 0.238. The maximum atomic E-state index is 12.3. The van der Waals surface area contributed by atoms with Gasteiger partial charge in [-0.15, -0.1) is 0 Å². The molecule has 0 unspecified atom stereocenters. The van der Waals surface area contributed by atoms with E-state index in [1.54, 1.807) is 13.2 Å². The van der Waals surface area contributed by atoms with Crippen LogP contribution in [0.15, 0.2) is 47.3 Å². The van der Waals surface area contributed by atoms with Crippen LogP contribution >= 0.6 is 0 Å². The molecule has 5 nitrogen and oxygen atoms in total. The molecule has 3 aromatic rings. The van der Waals surface area contributed by atoms with E-state index in [1.165, 1.54) is 0 Å². The van der Waals surface area contributed by atoms with E-state index < -0.39 is 0 Å². The zero-order chi connectivity index (χ0) is 18.7. The normalized spacial score (nSPS) is 10.7. The fourth-order valence-electron chi connectivity index (χ4n) is 2.87. The lowest BCUT2D eigenvalue weighted by atomic mass is 10.1.